The molecule has 1 atom stereocenters. The number of aromatic amines is 1. The Morgan fingerprint density at radius 3 is 2.84 bits per heavy atom. The Morgan fingerprint density at radius 1 is 1.24 bits per heavy atom. The van der Waals surface area contributed by atoms with E-state index in [-0.39, 0.29) is 11.9 Å². The second-order valence-corrected chi connectivity index (χ2v) is 6.25. The molecule has 3 N–H and O–H groups in total. The molecule has 0 bridgehead atoms. The standard InChI is InChI=1S/C20H24N4O/c1-3-14(2)24-20(25)19-9-8-16(13-23-19)21-11-10-15-12-22-18-7-5-4-6-17(15)18/h4-9,12-14,21-22H,3,10-11H2,1-2H3,(H,24,25). The molecule has 25 heavy (non-hydrogen) atoms. The molecular formula is C20H24N4O. The summed E-state index contributed by atoms with van der Waals surface area (Å²) in [5, 5.41) is 7.54. The fourth-order valence-corrected chi connectivity index (χ4v) is 2.71. The van der Waals surface area contributed by atoms with Gasteiger partial charge >= 0.3 is 0 Å². The zero-order valence-corrected chi connectivity index (χ0v) is 14.7. The molecule has 0 fully saturated rings. The van der Waals surface area contributed by atoms with Gasteiger partial charge in [-0.05, 0) is 43.5 Å². The van der Waals surface area contributed by atoms with Crippen molar-refractivity contribution in [2.45, 2.75) is 32.7 Å². The molecule has 0 saturated carbocycles. The van der Waals surface area contributed by atoms with E-state index < -0.39 is 0 Å². The van der Waals surface area contributed by atoms with Crippen molar-refractivity contribution in [3.05, 3.63) is 60.0 Å². The molecule has 0 aliphatic rings. The number of nitrogens with zero attached hydrogens (tertiary/aromatic N) is 1. The molecule has 0 aliphatic heterocycles. The van der Waals surface area contributed by atoms with Gasteiger partial charge in [0.1, 0.15) is 5.69 Å². The van der Waals surface area contributed by atoms with E-state index in [4.69, 9.17) is 0 Å². The Labute approximate surface area is 147 Å². The number of para-hydroxylation sites is 1. The molecule has 0 spiro atoms. The number of hydrogen-bond donors (Lipinski definition) is 3. The molecule has 3 aromatic rings. The Kier molecular flexibility index (Phi) is 5.33. The molecule has 1 unspecified atom stereocenters. The maximum absolute atomic E-state index is 12.0. The van der Waals surface area contributed by atoms with Crippen LogP contribution < -0.4 is 10.6 Å². The van der Waals surface area contributed by atoms with Crippen LogP contribution in [0.25, 0.3) is 10.9 Å². The molecule has 0 aliphatic carbocycles. The van der Waals surface area contributed by atoms with Gasteiger partial charge in [-0.25, -0.2) is 4.98 Å². The van der Waals surface area contributed by atoms with Crippen LogP contribution in [-0.4, -0.2) is 28.5 Å². The van der Waals surface area contributed by atoms with Crippen molar-refractivity contribution in [2.24, 2.45) is 0 Å². The summed E-state index contributed by atoms with van der Waals surface area (Å²) in [5.74, 6) is -0.125. The topological polar surface area (TPSA) is 69.8 Å². The highest BCUT2D eigenvalue weighted by Crippen LogP contribution is 2.18. The molecule has 0 saturated heterocycles. The highest BCUT2D eigenvalue weighted by molar-refractivity contribution is 5.92. The summed E-state index contributed by atoms with van der Waals surface area (Å²) in [6.45, 7) is 4.83. The van der Waals surface area contributed by atoms with Crippen LogP contribution in [0.5, 0.6) is 0 Å². The molecule has 130 valence electrons. The summed E-state index contributed by atoms with van der Waals surface area (Å²) in [4.78, 5) is 19.6. The van der Waals surface area contributed by atoms with Crippen LogP contribution in [0.15, 0.2) is 48.8 Å². The van der Waals surface area contributed by atoms with Gasteiger partial charge in [0.2, 0.25) is 0 Å². The molecule has 3 rings (SSSR count). The number of aromatic nitrogens is 2. The quantitative estimate of drug-likeness (QED) is 0.615. The van der Waals surface area contributed by atoms with Gasteiger partial charge in [0, 0.05) is 29.7 Å². The van der Waals surface area contributed by atoms with Gasteiger partial charge in [-0.15, -0.1) is 0 Å². The molecule has 5 nitrogen and oxygen atoms in total. The van der Waals surface area contributed by atoms with E-state index in [1.165, 1.54) is 10.9 Å². The van der Waals surface area contributed by atoms with Crippen LogP contribution >= 0.6 is 0 Å². The molecule has 2 heterocycles. The maximum atomic E-state index is 12.0. The summed E-state index contributed by atoms with van der Waals surface area (Å²) in [6.07, 6.45) is 5.59. The summed E-state index contributed by atoms with van der Waals surface area (Å²) >= 11 is 0. The first-order chi connectivity index (χ1) is 12.2. The van der Waals surface area contributed by atoms with Gasteiger partial charge in [-0.1, -0.05) is 25.1 Å². The molecule has 5 heteroatoms. The molecular weight excluding hydrogens is 312 g/mol. The molecule has 1 aromatic carbocycles. The zero-order valence-electron chi connectivity index (χ0n) is 14.7. The average molecular weight is 336 g/mol. The number of anilines is 1. The van der Waals surface area contributed by atoms with Gasteiger partial charge in [0.05, 0.1) is 11.9 Å². The number of benzene rings is 1. The normalized spacial score (nSPS) is 12.1. The minimum absolute atomic E-state index is 0.125. The van der Waals surface area contributed by atoms with Crippen LogP contribution in [0, 0.1) is 0 Å². The van der Waals surface area contributed by atoms with Crippen molar-refractivity contribution < 1.29 is 4.79 Å². The van der Waals surface area contributed by atoms with Crippen molar-refractivity contribution >= 4 is 22.5 Å². The number of fused-ring (bicyclic) bond motifs is 1. The molecule has 1 amide bonds. The lowest BCUT2D eigenvalue weighted by Crippen LogP contribution is -2.32. The van der Waals surface area contributed by atoms with Crippen molar-refractivity contribution in [1.82, 2.24) is 15.3 Å². The highest BCUT2D eigenvalue weighted by atomic mass is 16.1. The fourth-order valence-electron chi connectivity index (χ4n) is 2.71. The first kappa shape index (κ1) is 17.0. The van der Waals surface area contributed by atoms with E-state index in [0.29, 0.717) is 5.69 Å². The van der Waals surface area contributed by atoms with Crippen LogP contribution in [-0.2, 0) is 6.42 Å². The number of nitrogens with one attached hydrogen (secondary N) is 3. The second-order valence-electron chi connectivity index (χ2n) is 6.25. The Morgan fingerprint density at radius 2 is 2.08 bits per heavy atom. The summed E-state index contributed by atoms with van der Waals surface area (Å²) in [7, 11) is 0. The number of amides is 1. The highest BCUT2D eigenvalue weighted by Gasteiger charge is 2.09. The summed E-state index contributed by atoms with van der Waals surface area (Å²) in [6, 6.07) is 12.1. The van der Waals surface area contributed by atoms with Crippen LogP contribution in [0.1, 0.15) is 36.3 Å². The minimum atomic E-state index is -0.125. The van der Waals surface area contributed by atoms with Gasteiger partial charge in [-0.2, -0.15) is 0 Å². The number of carbonyl (C=O) groups is 1. The Balaban J connectivity index is 1.54. The third kappa shape index (κ3) is 4.18. The van der Waals surface area contributed by atoms with Crippen molar-refractivity contribution in [2.75, 3.05) is 11.9 Å². The summed E-state index contributed by atoms with van der Waals surface area (Å²) < 4.78 is 0. The van der Waals surface area contributed by atoms with E-state index in [0.717, 1.165) is 30.6 Å². The number of H-pyrrole nitrogens is 1. The number of rotatable bonds is 7. The monoisotopic (exact) mass is 336 g/mol. The number of carbonyl (C=O) groups excluding carboxylic acids is 1. The lowest BCUT2D eigenvalue weighted by Gasteiger charge is -2.11. The predicted octanol–water partition coefficient (Wildman–Crippen LogP) is 3.75. The van der Waals surface area contributed by atoms with Gasteiger partial charge in [-0.3, -0.25) is 4.79 Å². The van der Waals surface area contributed by atoms with Crippen molar-refractivity contribution in [3.63, 3.8) is 0 Å². The fraction of sp³-hybridized carbons (Fsp3) is 0.300. The smallest absolute Gasteiger partial charge is 0.270 e. The minimum Gasteiger partial charge on any atom is -0.383 e. The maximum Gasteiger partial charge on any atom is 0.270 e. The average Bonchev–Trinajstić information content (AvgIpc) is 3.05. The predicted molar refractivity (Wildman–Crippen MR) is 102 cm³/mol. The first-order valence-electron chi connectivity index (χ1n) is 8.73. The second kappa shape index (κ2) is 7.83. The van der Waals surface area contributed by atoms with Gasteiger partial charge < -0.3 is 15.6 Å². The van der Waals surface area contributed by atoms with E-state index in [2.05, 4.69) is 45.0 Å². The molecule has 0 radical (unpaired) electrons. The SMILES string of the molecule is CCC(C)NC(=O)c1ccc(NCCc2c[nH]c3ccccc23)cn1. The lowest BCUT2D eigenvalue weighted by molar-refractivity contribution is 0.0934. The van der Waals surface area contributed by atoms with Crippen LogP contribution in [0.4, 0.5) is 5.69 Å². The third-order valence-electron chi connectivity index (χ3n) is 4.38. The van der Waals surface area contributed by atoms with E-state index in [1.54, 1.807) is 12.3 Å². The van der Waals surface area contributed by atoms with Crippen molar-refractivity contribution in [1.29, 1.82) is 0 Å². The van der Waals surface area contributed by atoms with Gasteiger partial charge in [0.15, 0.2) is 0 Å². The number of hydrogen-bond acceptors (Lipinski definition) is 3. The lowest BCUT2D eigenvalue weighted by atomic mass is 10.1. The van der Waals surface area contributed by atoms with Crippen LogP contribution in [0.2, 0.25) is 0 Å². The number of pyridine rings is 1. The summed E-state index contributed by atoms with van der Waals surface area (Å²) in [5.41, 5.74) is 3.82. The first-order valence-corrected chi connectivity index (χ1v) is 8.73. The van der Waals surface area contributed by atoms with Crippen molar-refractivity contribution in [3.8, 4) is 0 Å². The Bertz CT molecular complexity index is 838. The third-order valence-corrected chi connectivity index (χ3v) is 4.38. The van der Waals surface area contributed by atoms with E-state index in [9.17, 15) is 4.79 Å². The van der Waals surface area contributed by atoms with E-state index >= 15 is 0 Å². The molecule has 2 aromatic heterocycles. The zero-order chi connectivity index (χ0) is 17.6. The van der Waals surface area contributed by atoms with Gasteiger partial charge in [0.25, 0.3) is 5.91 Å². The van der Waals surface area contributed by atoms with E-state index in [1.807, 2.05) is 26.0 Å². The van der Waals surface area contributed by atoms with Crippen LogP contribution in [0.3, 0.4) is 0 Å². The Hall–Kier alpha value is -2.82. The largest absolute Gasteiger partial charge is 0.383 e.